The number of urea groups is 1. The molecular weight excluding hydrogens is 431 g/mol. The Morgan fingerprint density at radius 2 is 1.78 bits per heavy atom. The molecule has 0 saturated carbocycles. The fraction of sp³-hybridized carbons (Fsp3) is 0.550. The predicted octanol–water partition coefficient (Wildman–Crippen LogP) is 1.51. The van der Waals surface area contributed by atoms with E-state index >= 15 is 0 Å². The van der Waals surface area contributed by atoms with Crippen molar-refractivity contribution in [3.8, 4) is 0 Å². The minimum Gasteiger partial charge on any atom is -0.367 e. The zero-order valence-electron chi connectivity index (χ0n) is 17.1. The number of carbonyl (C=O) groups is 3. The molecule has 0 aromatic heterocycles. The Kier molecular flexibility index (Phi) is 4.91. The number of para-hydroxylation sites is 1. The van der Waals surface area contributed by atoms with Gasteiger partial charge in [0.1, 0.15) is 6.04 Å². The molecule has 4 heterocycles. The van der Waals surface area contributed by atoms with Crippen molar-refractivity contribution in [1.82, 2.24) is 19.8 Å². The third kappa shape index (κ3) is 3.61. The number of rotatable bonds is 3. The van der Waals surface area contributed by atoms with Gasteiger partial charge in [-0.3, -0.25) is 9.69 Å². The van der Waals surface area contributed by atoms with Crippen molar-refractivity contribution in [2.45, 2.75) is 30.7 Å². The van der Waals surface area contributed by atoms with E-state index in [1.165, 1.54) is 14.7 Å². The monoisotopic (exact) mass is 453 g/mol. The number of hydrogen-bond donors (Lipinski definition) is 0. The molecule has 172 valence electrons. The molecule has 1 aromatic carbocycles. The van der Waals surface area contributed by atoms with Crippen LogP contribution >= 0.6 is 0 Å². The average molecular weight is 453 g/mol. The summed E-state index contributed by atoms with van der Waals surface area (Å²) in [5.74, 6) is -0.618. The molecule has 0 N–H and O–H groups in total. The lowest BCUT2D eigenvalue weighted by atomic mass is 10.1. The summed E-state index contributed by atoms with van der Waals surface area (Å²) in [4.78, 5) is 49.4. The fourth-order valence-corrected chi connectivity index (χ4v) is 5.05. The van der Waals surface area contributed by atoms with Crippen molar-refractivity contribution in [3.63, 3.8) is 0 Å². The topological polar surface area (TPSA) is 76.6 Å². The molecule has 0 spiro atoms. The summed E-state index contributed by atoms with van der Waals surface area (Å²) in [7, 11) is 0. The summed E-state index contributed by atoms with van der Waals surface area (Å²) in [6, 6.07) is 7.19. The summed E-state index contributed by atoms with van der Waals surface area (Å²) in [6.45, 7) is 0.260. The van der Waals surface area contributed by atoms with Gasteiger partial charge in [0.15, 0.2) is 0 Å². The summed E-state index contributed by atoms with van der Waals surface area (Å²) < 4.78 is 38.1. The lowest BCUT2D eigenvalue weighted by Gasteiger charge is -2.36. The average Bonchev–Trinajstić information content (AvgIpc) is 3.41. The number of nitrogens with zero attached hydrogens (tertiary/aromatic N) is 5. The standard InChI is InChI=1S/C20H22F3N5O4/c21-20(22,23)12-25-9-15-8-14(25)10-27(15)19(31)32-28-17(29)16-11-24(6-7-26(16)18(28)30)13-4-2-1-3-5-13/h1-5,14-16H,6-12H2/t14?,15-,16?/m0/s1. The first-order chi connectivity index (χ1) is 15.2. The maximum absolute atomic E-state index is 12.9. The Morgan fingerprint density at radius 1 is 1.03 bits per heavy atom. The SMILES string of the molecule is O=C1C2CN(c3ccccc3)CCN2C(=O)N1OC(=O)N1CC2C[C@H]1CN2CC(F)(F)F. The van der Waals surface area contributed by atoms with Crippen molar-refractivity contribution in [2.75, 3.05) is 44.2 Å². The maximum Gasteiger partial charge on any atom is 0.435 e. The summed E-state index contributed by atoms with van der Waals surface area (Å²) >= 11 is 0. The second-order valence-electron chi connectivity index (χ2n) is 8.50. The minimum absolute atomic E-state index is 0.0741. The zero-order chi connectivity index (χ0) is 22.6. The Balaban J connectivity index is 1.21. The molecule has 4 aliphatic heterocycles. The van der Waals surface area contributed by atoms with E-state index in [0.717, 1.165) is 5.69 Å². The van der Waals surface area contributed by atoms with Gasteiger partial charge in [-0.25, -0.2) is 9.59 Å². The largest absolute Gasteiger partial charge is 0.435 e. The number of imide groups is 1. The van der Waals surface area contributed by atoms with Crippen LogP contribution in [0.2, 0.25) is 0 Å². The quantitative estimate of drug-likeness (QED) is 0.646. The van der Waals surface area contributed by atoms with Crippen molar-refractivity contribution in [3.05, 3.63) is 30.3 Å². The summed E-state index contributed by atoms with van der Waals surface area (Å²) in [5, 5.41) is 0.501. The number of benzene rings is 1. The number of hydroxylamine groups is 2. The lowest BCUT2D eigenvalue weighted by molar-refractivity contribution is -0.155. The van der Waals surface area contributed by atoms with Gasteiger partial charge < -0.3 is 19.5 Å². The van der Waals surface area contributed by atoms with Crippen LogP contribution in [-0.2, 0) is 9.63 Å². The molecule has 3 atom stereocenters. The molecule has 1 aromatic rings. The third-order valence-corrected chi connectivity index (χ3v) is 6.55. The molecule has 12 heteroatoms. The number of amides is 4. The van der Waals surface area contributed by atoms with Gasteiger partial charge in [0.05, 0.1) is 6.54 Å². The lowest BCUT2D eigenvalue weighted by Crippen LogP contribution is -2.53. The number of fused-ring (bicyclic) bond motifs is 3. The number of alkyl halides is 3. The smallest absolute Gasteiger partial charge is 0.367 e. The highest BCUT2D eigenvalue weighted by molar-refractivity contribution is 6.04. The highest BCUT2D eigenvalue weighted by Crippen LogP contribution is 2.34. The number of hydrogen-bond acceptors (Lipinski definition) is 6. The number of halogens is 3. The molecule has 4 fully saturated rings. The Hall–Kier alpha value is -3.02. The van der Waals surface area contributed by atoms with Crippen molar-refractivity contribution in [1.29, 1.82) is 0 Å². The Morgan fingerprint density at radius 3 is 2.44 bits per heavy atom. The molecule has 4 amide bonds. The van der Waals surface area contributed by atoms with Crippen LogP contribution < -0.4 is 4.90 Å². The van der Waals surface area contributed by atoms with Gasteiger partial charge in [-0.1, -0.05) is 23.3 Å². The first-order valence-electron chi connectivity index (χ1n) is 10.5. The number of piperazine rings is 2. The highest BCUT2D eigenvalue weighted by Gasteiger charge is 2.53. The highest BCUT2D eigenvalue weighted by atomic mass is 19.4. The molecule has 32 heavy (non-hydrogen) atoms. The van der Waals surface area contributed by atoms with E-state index in [0.29, 0.717) is 24.6 Å². The van der Waals surface area contributed by atoms with Gasteiger partial charge in [-0.2, -0.15) is 13.2 Å². The van der Waals surface area contributed by atoms with E-state index in [-0.39, 0.29) is 19.6 Å². The van der Waals surface area contributed by atoms with Gasteiger partial charge in [0.2, 0.25) is 0 Å². The van der Waals surface area contributed by atoms with Crippen LogP contribution in [0, 0.1) is 0 Å². The Bertz CT molecular complexity index is 930. The predicted molar refractivity (Wildman–Crippen MR) is 104 cm³/mol. The van der Waals surface area contributed by atoms with Crippen LogP contribution in [0.15, 0.2) is 30.3 Å². The first kappa shape index (κ1) is 20.9. The van der Waals surface area contributed by atoms with Crippen LogP contribution in [0.25, 0.3) is 0 Å². The Labute approximate surface area is 181 Å². The maximum atomic E-state index is 12.9. The van der Waals surface area contributed by atoms with E-state index < -0.39 is 48.9 Å². The van der Waals surface area contributed by atoms with Crippen molar-refractivity contribution in [2.24, 2.45) is 0 Å². The van der Waals surface area contributed by atoms with E-state index in [1.54, 1.807) is 0 Å². The number of likely N-dealkylation sites (tertiary alicyclic amines) is 2. The summed E-state index contributed by atoms with van der Waals surface area (Å²) in [6.07, 6.45) is -4.78. The van der Waals surface area contributed by atoms with Gasteiger partial charge in [-0.05, 0) is 18.6 Å². The van der Waals surface area contributed by atoms with Gasteiger partial charge >= 0.3 is 18.3 Å². The molecule has 4 aliphatic rings. The van der Waals surface area contributed by atoms with E-state index in [1.807, 2.05) is 35.2 Å². The second-order valence-corrected chi connectivity index (χ2v) is 8.50. The van der Waals surface area contributed by atoms with Crippen molar-refractivity contribution >= 4 is 23.7 Å². The fourth-order valence-electron chi connectivity index (χ4n) is 5.05. The normalized spacial score (nSPS) is 28.0. The van der Waals surface area contributed by atoms with Crippen LogP contribution in [0.3, 0.4) is 0 Å². The number of anilines is 1. The molecule has 0 aliphatic carbocycles. The van der Waals surface area contributed by atoms with E-state index in [2.05, 4.69) is 0 Å². The molecule has 5 rings (SSSR count). The van der Waals surface area contributed by atoms with Crippen molar-refractivity contribution < 1.29 is 32.4 Å². The van der Waals surface area contributed by atoms with Crippen LogP contribution in [0.4, 0.5) is 28.4 Å². The molecule has 4 saturated heterocycles. The molecule has 2 bridgehead atoms. The van der Waals surface area contributed by atoms with Gasteiger partial charge in [-0.15, -0.1) is 0 Å². The van der Waals surface area contributed by atoms with E-state index in [9.17, 15) is 27.6 Å². The molecule has 2 unspecified atom stereocenters. The second kappa shape index (κ2) is 7.54. The zero-order valence-corrected chi connectivity index (χ0v) is 17.1. The molecular formula is C20H22F3N5O4. The minimum atomic E-state index is -4.30. The van der Waals surface area contributed by atoms with Crippen LogP contribution in [-0.4, -0.2) is 101 Å². The molecule has 9 nitrogen and oxygen atoms in total. The van der Waals surface area contributed by atoms with E-state index in [4.69, 9.17) is 4.84 Å². The van der Waals surface area contributed by atoms with Crippen LogP contribution in [0.5, 0.6) is 0 Å². The summed E-state index contributed by atoms with van der Waals surface area (Å²) in [5.41, 5.74) is 0.930. The first-order valence-corrected chi connectivity index (χ1v) is 10.5. The third-order valence-electron chi connectivity index (χ3n) is 6.55. The van der Waals surface area contributed by atoms with Gasteiger partial charge in [0.25, 0.3) is 5.91 Å². The van der Waals surface area contributed by atoms with Crippen LogP contribution in [0.1, 0.15) is 6.42 Å². The molecule has 0 radical (unpaired) electrons. The number of carbonyl (C=O) groups excluding carboxylic acids is 3. The van der Waals surface area contributed by atoms with Gasteiger partial charge in [0, 0.05) is 50.5 Å².